The largest absolute Gasteiger partial charge is 0.305 e. The number of likely N-dealkylation sites (N-methyl/N-ethyl adjacent to an activating group) is 2. The molecule has 2 heteroatoms. The summed E-state index contributed by atoms with van der Waals surface area (Å²) in [6.45, 7) is 9.52. The Morgan fingerprint density at radius 1 is 0.500 bits per heavy atom. The maximum absolute atomic E-state index is 2.48. The summed E-state index contributed by atoms with van der Waals surface area (Å²) in [6.07, 6.45) is 11.0. The van der Waals surface area contributed by atoms with Crippen LogP contribution in [-0.2, 0) is 0 Å². The van der Waals surface area contributed by atoms with Gasteiger partial charge in [0.15, 0.2) is 0 Å². The van der Waals surface area contributed by atoms with Crippen LogP contribution < -0.4 is 0 Å². The quantitative estimate of drug-likeness (QED) is 0.459. The zero-order valence-corrected chi connectivity index (χ0v) is 13.4. The molecule has 0 aromatic heterocycles. The Morgan fingerprint density at radius 3 is 1.22 bits per heavy atom. The second-order valence-electron chi connectivity index (χ2n) is 5.73. The van der Waals surface area contributed by atoms with Crippen LogP contribution in [0.15, 0.2) is 0 Å². The third kappa shape index (κ3) is 12.4. The van der Waals surface area contributed by atoms with Gasteiger partial charge in [-0.2, -0.15) is 0 Å². The zero-order chi connectivity index (χ0) is 13.6. The third-order valence-corrected chi connectivity index (χ3v) is 3.65. The summed E-state index contributed by atoms with van der Waals surface area (Å²) in [5.74, 6) is 0. The molecule has 0 aliphatic carbocycles. The molecule has 0 bridgehead atoms. The topological polar surface area (TPSA) is 6.48 Å². The lowest BCUT2D eigenvalue weighted by atomic mass is 10.2. The van der Waals surface area contributed by atoms with E-state index in [1.165, 1.54) is 77.5 Å². The van der Waals surface area contributed by atoms with Gasteiger partial charge in [0, 0.05) is 13.1 Å². The molecule has 0 amide bonds. The highest BCUT2D eigenvalue weighted by molar-refractivity contribution is 4.58. The van der Waals surface area contributed by atoms with Crippen LogP contribution in [0.5, 0.6) is 0 Å². The van der Waals surface area contributed by atoms with E-state index in [2.05, 4.69) is 37.7 Å². The Bertz CT molecular complexity index is 141. The Balaban J connectivity index is 3.32. The first-order valence-electron chi connectivity index (χ1n) is 8.07. The normalized spacial score (nSPS) is 11.7. The Hall–Kier alpha value is -0.0800. The summed E-state index contributed by atoms with van der Waals surface area (Å²) in [5, 5.41) is 0. The minimum absolute atomic E-state index is 1.22. The minimum Gasteiger partial charge on any atom is -0.305 e. The molecule has 0 saturated carbocycles. The van der Waals surface area contributed by atoms with Gasteiger partial charge in [0.2, 0.25) is 0 Å². The first kappa shape index (κ1) is 17.9. The van der Waals surface area contributed by atoms with Crippen molar-refractivity contribution in [1.82, 2.24) is 9.80 Å². The van der Waals surface area contributed by atoms with Crippen LogP contribution in [-0.4, -0.2) is 50.1 Å². The van der Waals surface area contributed by atoms with E-state index < -0.39 is 0 Å². The van der Waals surface area contributed by atoms with Crippen molar-refractivity contribution in [3.8, 4) is 0 Å². The van der Waals surface area contributed by atoms with Gasteiger partial charge >= 0.3 is 0 Å². The summed E-state index contributed by atoms with van der Waals surface area (Å²) < 4.78 is 0. The lowest BCUT2D eigenvalue weighted by Crippen LogP contribution is -2.32. The molecule has 0 aromatic carbocycles. The molecule has 0 N–H and O–H groups in total. The van der Waals surface area contributed by atoms with E-state index in [9.17, 15) is 0 Å². The van der Waals surface area contributed by atoms with Crippen LogP contribution >= 0.6 is 0 Å². The van der Waals surface area contributed by atoms with Crippen LogP contribution in [0.3, 0.4) is 0 Å². The SMILES string of the molecule is CCCCCCN(C)CCN(C)CCCCCC. The first-order chi connectivity index (χ1) is 8.70. The van der Waals surface area contributed by atoms with Crippen molar-refractivity contribution in [2.45, 2.75) is 65.2 Å². The van der Waals surface area contributed by atoms with E-state index in [0.29, 0.717) is 0 Å². The highest BCUT2D eigenvalue weighted by atomic mass is 15.2. The average Bonchev–Trinajstić information content (AvgIpc) is 2.37. The van der Waals surface area contributed by atoms with Crippen molar-refractivity contribution >= 4 is 0 Å². The van der Waals surface area contributed by atoms with Gasteiger partial charge in [-0.1, -0.05) is 52.4 Å². The molecule has 0 rings (SSSR count). The van der Waals surface area contributed by atoms with Crippen molar-refractivity contribution in [2.24, 2.45) is 0 Å². The molecule has 0 unspecified atom stereocenters. The van der Waals surface area contributed by atoms with Gasteiger partial charge in [0.05, 0.1) is 0 Å². The zero-order valence-electron chi connectivity index (χ0n) is 13.4. The van der Waals surface area contributed by atoms with Crippen LogP contribution in [0.25, 0.3) is 0 Å². The molecule has 0 aromatic rings. The summed E-state index contributed by atoms with van der Waals surface area (Å²) in [4.78, 5) is 4.97. The summed E-state index contributed by atoms with van der Waals surface area (Å²) in [5.41, 5.74) is 0. The monoisotopic (exact) mass is 256 g/mol. The predicted octanol–water partition coefficient (Wildman–Crippen LogP) is 4.01. The molecule has 18 heavy (non-hydrogen) atoms. The van der Waals surface area contributed by atoms with Crippen LogP contribution in [0.2, 0.25) is 0 Å². The van der Waals surface area contributed by atoms with Gasteiger partial charge in [-0.25, -0.2) is 0 Å². The number of hydrogen-bond acceptors (Lipinski definition) is 2. The molecule has 110 valence electrons. The van der Waals surface area contributed by atoms with Gasteiger partial charge in [0.25, 0.3) is 0 Å². The van der Waals surface area contributed by atoms with E-state index in [1.54, 1.807) is 0 Å². The summed E-state index contributed by atoms with van der Waals surface area (Å²) >= 11 is 0. The lowest BCUT2D eigenvalue weighted by Gasteiger charge is -2.22. The molecule has 0 aliphatic rings. The Labute approximate surface area is 116 Å². The highest BCUT2D eigenvalue weighted by Gasteiger charge is 2.01. The second-order valence-corrected chi connectivity index (χ2v) is 5.73. The smallest absolute Gasteiger partial charge is 0.0106 e. The van der Waals surface area contributed by atoms with E-state index in [1.807, 2.05) is 0 Å². The fourth-order valence-electron chi connectivity index (χ4n) is 2.18. The number of unbranched alkanes of at least 4 members (excludes halogenated alkanes) is 6. The van der Waals surface area contributed by atoms with Crippen LogP contribution in [0.4, 0.5) is 0 Å². The molecule has 0 aliphatic heterocycles. The summed E-state index contributed by atoms with van der Waals surface area (Å²) in [7, 11) is 4.52. The number of hydrogen-bond donors (Lipinski definition) is 0. The molecule has 0 radical (unpaired) electrons. The molecular formula is C16H36N2. The summed E-state index contributed by atoms with van der Waals surface area (Å²) in [6, 6.07) is 0. The van der Waals surface area contributed by atoms with Crippen LogP contribution in [0.1, 0.15) is 65.2 Å². The highest BCUT2D eigenvalue weighted by Crippen LogP contribution is 2.02. The van der Waals surface area contributed by atoms with Crippen LogP contribution in [0, 0.1) is 0 Å². The van der Waals surface area contributed by atoms with Gasteiger partial charge in [-0.3, -0.25) is 0 Å². The molecule has 0 atom stereocenters. The first-order valence-corrected chi connectivity index (χ1v) is 8.07. The van der Waals surface area contributed by atoms with E-state index in [-0.39, 0.29) is 0 Å². The number of nitrogens with zero attached hydrogens (tertiary/aromatic N) is 2. The van der Waals surface area contributed by atoms with Crippen molar-refractivity contribution in [3.05, 3.63) is 0 Å². The third-order valence-electron chi connectivity index (χ3n) is 3.65. The molecule has 0 spiro atoms. The maximum atomic E-state index is 2.48. The number of rotatable bonds is 13. The fourth-order valence-corrected chi connectivity index (χ4v) is 2.18. The maximum Gasteiger partial charge on any atom is 0.0106 e. The fraction of sp³-hybridized carbons (Fsp3) is 1.00. The van der Waals surface area contributed by atoms with Gasteiger partial charge in [-0.05, 0) is 40.0 Å². The van der Waals surface area contributed by atoms with Crippen molar-refractivity contribution in [2.75, 3.05) is 40.3 Å². The minimum atomic E-state index is 1.22. The molecule has 0 heterocycles. The molecule has 0 saturated heterocycles. The Kier molecular flexibility index (Phi) is 13.3. The van der Waals surface area contributed by atoms with Crippen molar-refractivity contribution in [3.63, 3.8) is 0 Å². The van der Waals surface area contributed by atoms with Gasteiger partial charge < -0.3 is 9.80 Å². The average molecular weight is 256 g/mol. The molecule has 0 fully saturated rings. The molecule has 2 nitrogen and oxygen atoms in total. The van der Waals surface area contributed by atoms with E-state index in [0.717, 1.165) is 0 Å². The predicted molar refractivity (Wildman–Crippen MR) is 83.3 cm³/mol. The molecular weight excluding hydrogens is 220 g/mol. The Morgan fingerprint density at radius 2 is 0.889 bits per heavy atom. The van der Waals surface area contributed by atoms with Crippen molar-refractivity contribution in [1.29, 1.82) is 0 Å². The second kappa shape index (κ2) is 13.4. The standard InChI is InChI=1S/C16H36N2/c1-5-7-9-11-13-17(3)15-16-18(4)14-12-10-8-6-2/h5-16H2,1-4H3. The van der Waals surface area contributed by atoms with E-state index in [4.69, 9.17) is 0 Å². The lowest BCUT2D eigenvalue weighted by molar-refractivity contribution is 0.250. The van der Waals surface area contributed by atoms with Gasteiger partial charge in [0.1, 0.15) is 0 Å². The van der Waals surface area contributed by atoms with Crippen molar-refractivity contribution < 1.29 is 0 Å². The van der Waals surface area contributed by atoms with E-state index >= 15 is 0 Å². The van der Waals surface area contributed by atoms with Gasteiger partial charge in [-0.15, -0.1) is 0 Å².